The molecule has 2 amide bonds. The number of amides is 2. The first-order valence-electron chi connectivity index (χ1n) is 14.8. The summed E-state index contributed by atoms with van der Waals surface area (Å²) in [6.07, 6.45) is -0.329. The van der Waals surface area contributed by atoms with E-state index < -0.39 is 51.0 Å². The Kier molecular flexibility index (Phi) is 8.33. The molecule has 4 unspecified atom stereocenters. The standard InChI is InChI=1S/C34H28N4O10/c1-47-26-12-6-11-25(30(26)48-19-21-7-3-2-4-8-21)29-27-28(32(40)36(31(27)39)23-9-5-10-24(17-23)38(45)46)34(35-29,33(41)42)18-20-13-15-22(16-14-20)37(43)44/h2-17,27-29,35H,18-19H2,1H3,(H,41,42). The van der Waals surface area contributed by atoms with Gasteiger partial charge in [-0.05, 0) is 23.3 Å². The Hall–Kier alpha value is -6.15. The molecule has 14 nitrogen and oxygen atoms in total. The van der Waals surface area contributed by atoms with Gasteiger partial charge in [0, 0.05) is 42.3 Å². The van der Waals surface area contributed by atoms with Crippen LogP contribution in [0.3, 0.4) is 0 Å². The largest absolute Gasteiger partial charge is 0.493 e. The van der Waals surface area contributed by atoms with Gasteiger partial charge < -0.3 is 14.6 Å². The van der Waals surface area contributed by atoms with E-state index in [0.717, 1.165) is 16.5 Å². The molecule has 0 aliphatic carbocycles. The number of hydrogen-bond donors (Lipinski definition) is 2. The van der Waals surface area contributed by atoms with Crippen LogP contribution in [0.1, 0.15) is 22.7 Å². The number of benzene rings is 4. The van der Waals surface area contributed by atoms with Gasteiger partial charge in [-0.15, -0.1) is 0 Å². The number of fused-ring (bicyclic) bond motifs is 1. The molecule has 0 bridgehead atoms. The van der Waals surface area contributed by atoms with E-state index in [9.17, 15) is 39.7 Å². The van der Waals surface area contributed by atoms with Crippen LogP contribution in [0.15, 0.2) is 97.1 Å². The number of ether oxygens (including phenoxy) is 2. The lowest BCUT2D eigenvalue weighted by Gasteiger charge is -2.31. The number of aliphatic carboxylic acids is 1. The van der Waals surface area contributed by atoms with Crippen molar-refractivity contribution < 1.29 is 38.8 Å². The second-order valence-corrected chi connectivity index (χ2v) is 11.4. The van der Waals surface area contributed by atoms with Crippen molar-refractivity contribution >= 4 is 34.8 Å². The Labute approximate surface area is 272 Å². The van der Waals surface area contributed by atoms with E-state index in [4.69, 9.17) is 9.47 Å². The fraction of sp³-hybridized carbons (Fsp3) is 0.206. The second kappa shape index (κ2) is 12.6. The van der Waals surface area contributed by atoms with Crippen LogP contribution in [-0.4, -0.2) is 45.4 Å². The molecule has 2 N–H and O–H groups in total. The fourth-order valence-electron chi connectivity index (χ4n) is 6.59. The molecule has 4 aromatic rings. The van der Waals surface area contributed by atoms with Crippen LogP contribution >= 0.6 is 0 Å². The highest BCUT2D eigenvalue weighted by Crippen LogP contribution is 2.53. The van der Waals surface area contributed by atoms with Crippen LogP contribution < -0.4 is 19.7 Å². The number of carboxylic acids is 1. The number of carboxylic acid groups (broad SMARTS) is 1. The lowest BCUT2D eigenvalue weighted by Crippen LogP contribution is -2.57. The highest BCUT2D eigenvalue weighted by molar-refractivity contribution is 6.24. The van der Waals surface area contributed by atoms with Gasteiger partial charge >= 0.3 is 5.97 Å². The lowest BCUT2D eigenvalue weighted by molar-refractivity contribution is -0.385. The van der Waals surface area contributed by atoms with Crippen LogP contribution in [0.25, 0.3) is 0 Å². The summed E-state index contributed by atoms with van der Waals surface area (Å²) in [5.41, 5.74) is -1.20. The van der Waals surface area contributed by atoms with E-state index in [0.29, 0.717) is 16.9 Å². The number of carbonyl (C=O) groups excluding carboxylic acids is 2. The predicted octanol–water partition coefficient (Wildman–Crippen LogP) is 4.61. The first kappa shape index (κ1) is 31.8. The highest BCUT2D eigenvalue weighted by Gasteiger charge is 2.69. The van der Waals surface area contributed by atoms with Crippen LogP contribution in [0.2, 0.25) is 0 Å². The molecule has 0 radical (unpaired) electrons. The SMILES string of the molecule is COc1cccc(C2NC(Cc3ccc([N+](=O)[O-])cc3)(C(=O)O)C3C(=O)N(c4cccc([N+](=O)[O-])c4)C(=O)C23)c1OCc1ccccc1. The van der Waals surface area contributed by atoms with Crippen molar-refractivity contribution in [3.8, 4) is 11.5 Å². The van der Waals surface area contributed by atoms with Gasteiger partial charge in [0.05, 0.1) is 34.5 Å². The van der Waals surface area contributed by atoms with E-state index in [-0.39, 0.29) is 35.8 Å². The van der Waals surface area contributed by atoms with Crippen LogP contribution in [0.5, 0.6) is 11.5 Å². The van der Waals surface area contributed by atoms with Crippen molar-refractivity contribution in [3.05, 3.63) is 134 Å². The number of imide groups is 1. The first-order valence-corrected chi connectivity index (χ1v) is 14.8. The van der Waals surface area contributed by atoms with Gasteiger partial charge in [0.15, 0.2) is 11.5 Å². The summed E-state index contributed by atoms with van der Waals surface area (Å²) in [6.45, 7) is 0.106. The molecule has 2 aliphatic rings. The minimum atomic E-state index is -2.09. The number of methoxy groups -OCH3 is 1. The number of nitrogens with one attached hydrogen (secondary N) is 1. The van der Waals surface area contributed by atoms with Crippen molar-refractivity contribution in [3.63, 3.8) is 0 Å². The second-order valence-electron chi connectivity index (χ2n) is 11.4. The number of rotatable bonds is 11. The normalized spacial score (nSPS) is 21.5. The molecule has 2 saturated heterocycles. The molecule has 244 valence electrons. The molecule has 0 saturated carbocycles. The van der Waals surface area contributed by atoms with E-state index in [1.165, 1.54) is 49.6 Å². The molecule has 2 aliphatic heterocycles. The number of nitro benzene ring substituents is 2. The number of nitro groups is 2. The number of anilines is 1. The maximum absolute atomic E-state index is 14.3. The van der Waals surface area contributed by atoms with Crippen LogP contribution in [0.4, 0.5) is 17.1 Å². The summed E-state index contributed by atoms with van der Waals surface area (Å²) in [7, 11) is 1.43. The molecule has 14 heteroatoms. The summed E-state index contributed by atoms with van der Waals surface area (Å²) in [6, 6.07) is 23.3. The molecule has 2 heterocycles. The quantitative estimate of drug-likeness (QED) is 0.131. The molecule has 48 heavy (non-hydrogen) atoms. The zero-order valence-electron chi connectivity index (χ0n) is 25.3. The summed E-state index contributed by atoms with van der Waals surface area (Å²) in [5, 5.41) is 36.8. The Morgan fingerprint density at radius 2 is 1.56 bits per heavy atom. The van der Waals surface area contributed by atoms with Crippen LogP contribution in [0, 0.1) is 32.1 Å². The highest BCUT2D eigenvalue weighted by atomic mass is 16.6. The molecule has 4 atom stereocenters. The van der Waals surface area contributed by atoms with Crippen molar-refractivity contribution in [2.75, 3.05) is 12.0 Å². The Balaban J connectivity index is 1.49. The minimum absolute atomic E-state index is 0.0758. The summed E-state index contributed by atoms with van der Waals surface area (Å²) < 4.78 is 11.8. The Bertz CT molecular complexity index is 1930. The summed E-state index contributed by atoms with van der Waals surface area (Å²) in [5.74, 6) is -5.31. The zero-order valence-corrected chi connectivity index (χ0v) is 25.3. The topological polar surface area (TPSA) is 191 Å². The van der Waals surface area contributed by atoms with Crippen LogP contribution in [-0.2, 0) is 27.4 Å². The average Bonchev–Trinajstić information content (AvgIpc) is 3.57. The fourth-order valence-corrected chi connectivity index (χ4v) is 6.59. The monoisotopic (exact) mass is 652 g/mol. The van der Waals surface area contributed by atoms with Crippen molar-refractivity contribution in [1.82, 2.24) is 5.32 Å². The number of hydrogen-bond acceptors (Lipinski definition) is 10. The van der Waals surface area contributed by atoms with Crippen molar-refractivity contribution in [1.29, 1.82) is 0 Å². The molecular formula is C34H28N4O10. The van der Waals surface area contributed by atoms with Gasteiger partial charge in [-0.1, -0.05) is 60.7 Å². The third-order valence-electron chi connectivity index (χ3n) is 8.76. The lowest BCUT2D eigenvalue weighted by atomic mass is 9.76. The Morgan fingerprint density at radius 1 is 0.875 bits per heavy atom. The number of non-ortho nitro benzene ring substituents is 2. The molecule has 0 aromatic heterocycles. The maximum Gasteiger partial charge on any atom is 0.325 e. The summed E-state index contributed by atoms with van der Waals surface area (Å²) >= 11 is 0. The predicted molar refractivity (Wildman–Crippen MR) is 169 cm³/mol. The number of para-hydroxylation sites is 1. The van der Waals surface area contributed by atoms with Gasteiger partial charge in [-0.3, -0.25) is 39.9 Å². The van der Waals surface area contributed by atoms with E-state index in [1.54, 1.807) is 18.2 Å². The Morgan fingerprint density at radius 3 is 2.21 bits per heavy atom. The molecule has 2 fully saturated rings. The molecule has 6 rings (SSSR count). The molecule has 4 aromatic carbocycles. The van der Waals surface area contributed by atoms with Gasteiger partial charge in [-0.25, -0.2) is 4.90 Å². The first-order chi connectivity index (χ1) is 23.1. The third-order valence-corrected chi connectivity index (χ3v) is 8.76. The third kappa shape index (κ3) is 5.47. The number of carbonyl (C=O) groups is 3. The zero-order chi connectivity index (χ0) is 34.2. The van der Waals surface area contributed by atoms with Gasteiger partial charge in [-0.2, -0.15) is 0 Å². The maximum atomic E-state index is 14.3. The minimum Gasteiger partial charge on any atom is -0.493 e. The van der Waals surface area contributed by atoms with Gasteiger partial charge in [0.25, 0.3) is 11.4 Å². The van der Waals surface area contributed by atoms with E-state index >= 15 is 0 Å². The summed E-state index contributed by atoms with van der Waals surface area (Å²) in [4.78, 5) is 64.4. The van der Waals surface area contributed by atoms with Crippen molar-refractivity contribution in [2.24, 2.45) is 11.8 Å². The van der Waals surface area contributed by atoms with E-state index in [2.05, 4.69) is 5.32 Å². The molecule has 0 spiro atoms. The smallest absolute Gasteiger partial charge is 0.325 e. The molecular weight excluding hydrogens is 624 g/mol. The van der Waals surface area contributed by atoms with Gasteiger partial charge in [0.2, 0.25) is 11.8 Å². The van der Waals surface area contributed by atoms with E-state index in [1.807, 2.05) is 30.3 Å². The number of nitrogens with zero attached hydrogens (tertiary/aromatic N) is 3. The van der Waals surface area contributed by atoms with Gasteiger partial charge in [0.1, 0.15) is 12.1 Å². The average molecular weight is 653 g/mol. The van der Waals surface area contributed by atoms with Crippen molar-refractivity contribution in [2.45, 2.75) is 24.6 Å².